The number of rotatable bonds is 5. The molecule has 0 aliphatic carbocycles. The summed E-state index contributed by atoms with van der Waals surface area (Å²) in [7, 11) is 0. The number of benzene rings is 2. The molecule has 1 heterocycles. The van der Waals surface area contributed by atoms with Crippen molar-refractivity contribution < 1.29 is 4.79 Å². The van der Waals surface area contributed by atoms with Crippen molar-refractivity contribution in [3.05, 3.63) is 71.3 Å². The van der Waals surface area contributed by atoms with Crippen LogP contribution in [0.4, 0.5) is 0 Å². The fraction of sp³-hybridized carbons (Fsp3) is 0.350. The maximum absolute atomic E-state index is 12.7. The Hall–Kier alpha value is -1.84. The minimum atomic E-state index is -0.0974. The molecular weight excluding hydrogens is 320 g/mol. The molecule has 0 spiro atoms. The quantitative estimate of drug-likeness (QED) is 0.872. The lowest BCUT2D eigenvalue weighted by Crippen LogP contribution is -2.50. The average Bonchev–Trinajstić information content (AvgIpc) is 2.52. The maximum atomic E-state index is 12.7. The molecule has 1 aliphatic heterocycles. The summed E-state index contributed by atoms with van der Waals surface area (Å²) in [5.41, 5.74) is 3.46. The van der Waals surface area contributed by atoms with E-state index in [-0.39, 0.29) is 30.3 Å². The van der Waals surface area contributed by atoms with Crippen LogP contribution in [0.25, 0.3) is 0 Å². The highest BCUT2D eigenvalue weighted by molar-refractivity contribution is 5.85. The lowest BCUT2D eigenvalue weighted by molar-refractivity contribution is -0.127. The van der Waals surface area contributed by atoms with Gasteiger partial charge in [-0.25, -0.2) is 0 Å². The zero-order valence-corrected chi connectivity index (χ0v) is 15.0. The number of hydrogen-bond acceptors (Lipinski definition) is 2. The Kier molecular flexibility index (Phi) is 6.41. The van der Waals surface area contributed by atoms with Gasteiger partial charge in [0.25, 0.3) is 0 Å². The minimum Gasteiger partial charge on any atom is -0.345 e. The van der Waals surface area contributed by atoms with E-state index in [1.807, 2.05) is 25.1 Å². The van der Waals surface area contributed by atoms with E-state index in [1.54, 1.807) is 0 Å². The number of hydrogen-bond donors (Lipinski definition) is 2. The van der Waals surface area contributed by atoms with Crippen molar-refractivity contribution in [2.24, 2.45) is 11.8 Å². The van der Waals surface area contributed by atoms with Gasteiger partial charge in [-0.15, -0.1) is 12.4 Å². The van der Waals surface area contributed by atoms with Crippen molar-refractivity contribution in [3.63, 3.8) is 0 Å². The molecular formula is C20H25ClN2O. The van der Waals surface area contributed by atoms with Crippen LogP contribution in [0.5, 0.6) is 0 Å². The summed E-state index contributed by atoms with van der Waals surface area (Å²) in [5, 5.41) is 6.49. The van der Waals surface area contributed by atoms with Gasteiger partial charge in [-0.05, 0) is 37.1 Å². The van der Waals surface area contributed by atoms with E-state index < -0.39 is 0 Å². The van der Waals surface area contributed by atoms with Gasteiger partial charge in [-0.1, -0.05) is 67.1 Å². The average molecular weight is 345 g/mol. The molecule has 2 aromatic rings. The lowest BCUT2D eigenvalue weighted by atomic mass is 9.87. The first kappa shape index (κ1) is 18.5. The number of carbonyl (C=O) groups is 1. The second-order valence-electron chi connectivity index (χ2n) is 6.47. The molecule has 128 valence electrons. The Balaban J connectivity index is 0.00000208. The molecule has 2 atom stereocenters. The Morgan fingerprint density at radius 1 is 1.04 bits per heavy atom. The van der Waals surface area contributed by atoms with E-state index in [0.717, 1.165) is 24.2 Å². The van der Waals surface area contributed by atoms with Crippen molar-refractivity contribution >= 4 is 18.3 Å². The van der Waals surface area contributed by atoms with Crippen molar-refractivity contribution in [3.8, 4) is 0 Å². The summed E-state index contributed by atoms with van der Waals surface area (Å²) in [6, 6.07) is 18.5. The second-order valence-corrected chi connectivity index (χ2v) is 6.47. The lowest BCUT2D eigenvalue weighted by Gasteiger charge is -2.33. The number of aryl methyl sites for hydroxylation is 1. The van der Waals surface area contributed by atoms with E-state index in [4.69, 9.17) is 0 Å². The van der Waals surface area contributed by atoms with Crippen LogP contribution in [-0.4, -0.2) is 19.0 Å². The van der Waals surface area contributed by atoms with Crippen LogP contribution < -0.4 is 10.6 Å². The van der Waals surface area contributed by atoms with Crippen molar-refractivity contribution in [2.75, 3.05) is 13.1 Å². The molecule has 2 unspecified atom stereocenters. The number of carbonyl (C=O) groups excluding carboxylic acids is 1. The van der Waals surface area contributed by atoms with E-state index in [2.05, 4.69) is 54.0 Å². The zero-order valence-electron chi connectivity index (χ0n) is 14.2. The highest BCUT2D eigenvalue weighted by atomic mass is 35.5. The molecule has 1 amide bonds. The van der Waals surface area contributed by atoms with E-state index in [1.165, 1.54) is 5.56 Å². The van der Waals surface area contributed by atoms with Gasteiger partial charge in [-0.2, -0.15) is 0 Å². The standard InChI is InChI=1S/C20H24N2O.ClH/c1-14-8-10-17(11-9-14)19(16-6-4-3-5-7-16)22-20(23)15(2)18-12-21-13-18;/h3-11,15,18-19,21H,12-13H2,1-2H3,(H,22,23);1H. The van der Waals surface area contributed by atoms with Gasteiger partial charge in [0.1, 0.15) is 0 Å². The molecule has 0 aromatic heterocycles. The summed E-state index contributed by atoms with van der Waals surface area (Å²) in [6.45, 7) is 5.98. The van der Waals surface area contributed by atoms with Gasteiger partial charge in [0.15, 0.2) is 0 Å². The van der Waals surface area contributed by atoms with Gasteiger partial charge >= 0.3 is 0 Å². The Morgan fingerprint density at radius 3 is 2.17 bits per heavy atom. The molecule has 2 aromatic carbocycles. The largest absolute Gasteiger partial charge is 0.345 e. The third kappa shape index (κ3) is 4.16. The molecule has 0 saturated carbocycles. The maximum Gasteiger partial charge on any atom is 0.223 e. The molecule has 1 aliphatic rings. The van der Waals surface area contributed by atoms with Crippen molar-refractivity contribution in [2.45, 2.75) is 19.9 Å². The fourth-order valence-electron chi connectivity index (χ4n) is 2.92. The monoisotopic (exact) mass is 344 g/mol. The number of amides is 1. The Morgan fingerprint density at radius 2 is 1.62 bits per heavy atom. The molecule has 1 fully saturated rings. The summed E-state index contributed by atoms with van der Waals surface area (Å²) in [4.78, 5) is 12.7. The first-order chi connectivity index (χ1) is 11.1. The third-order valence-corrected chi connectivity index (χ3v) is 4.76. The van der Waals surface area contributed by atoms with Gasteiger partial charge < -0.3 is 10.6 Å². The summed E-state index contributed by atoms with van der Waals surface area (Å²) in [6.07, 6.45) is 0. The molecule has 3 nitrogen and oxygen atoms in total. The van der Waals surface area contributed by atoms with Crippen LogP contribution in [0.3, 0.4) is 0 Å². The van der Waals surface area contributed by atoms with Gasteiger partial charge in [0.2, 0.25) is 5.91 Å². The molecule has 3 rings (SSSR count). The second kappa shape index (κ2) is 8.32. The third-order valence-electron chi connectivity index (χ3n) is 4.76. The van der Waals surface area contributed by atoms with Crippen LogP contribution in [-0.2, 0) is 4.79 Å². The van der Waals surface area contributed by atoms with Gasteiger partial charge in [0, 0.05) is 5.92 Å². The van der Waals surface area contributed by atoms with Gasteiger partial charge in [-0.3, -0.25) is 4.79 Å². The zero-order chi connectivity index (χ0) is 16.2. The normalized spacial score (nSPS) is 16.4. The summed E-state index contributed by atoms with van der Waals surface area (Å²) in [5.74, 6) is 0.614. The topological polar surface area (TPSA) is 41.1 Å². The Labute approximate surface area is 150 Å². The van der Waals surface area contributed by atoms with Crippen molar-refractivity contribution in [1.82, 2.24) is 10.6 Å². The molecule has 0 bridgehead atoms. The van der Waals surface area contributed by atoms with Crippen LogP contribution in [0.1, 0.15) is 29.7 Å². The minimum absolute atomic E-state index is 0. The highest BCUT2D eigenvalue weighted by Crippen LogP contribution is 2.24. The molecule has 0 radical (unpaired) electrons. The van der Waals surface area contributed by atoms with E-state index >= 15 is 0 Å². The molecule has 24 heavy (non-hydrogen) atoms. The number of halogens is 1. The van der Waals surface area contributed by atoms with Crippen LogP contribution in [0.2, 0.25) is 0 Å². The first-order valence-electron chi connectivity index (χ1n) is 8.28. The first-order valence-corrected chi connectivity index (χ1v) is 8.28. The molecule has 1 saturated heterocycles. The van der Waals surface area contributed by atoms with Crippen molar-refractivity contribution in [1.29, 1.82) is 0 Å². The van der Waals surface area contributed by atoms with Crippen LogP contribution >= 0.6 is 12.4 Å². The predicted octanol–water partition coefficient (Wildman–Crippen LogP) is 3.48. The van der Waals surface area contributed by atoms with E-state index in [9.17, 15) is 4.79 Å². The highest BCUT2D eigenvalue weighted by Gasteiger charge is 2.30. The van der Waals surface area contributed by atoms with Crippen LogP contribution in [0.15, 0.2) is 54.6 Å². The van der Waals surface area contributed by atoms with Crippen LogP contribution in [0, 0.1) is 18.8 Å². The SMILES string of the molecule is Cc1ccc(C(NC(=O)C(C)C2CNC2)c2ccccc2)cc1.Cl. The smallest absolute Gasteiger partial charge is 0.223 e. The Bertz CT molecular complexity index is 653. The van der Waals surface area contributed by atoms with Gasteiger partial charge in [0.05, 0.1) is 6.04 Å². The molecule has 4 heteroatoms. The predicted molar refractivity (Wildman–Crippen MR) is 100 cm³/mol. The molecule has 2 N–H and O–H groups in total. The summed E-state index contributed by atoms with van der Waals surface area (Å²) < 4.78 is 0. The van der Waals surface area contributed by atoms with E-state index in [0.29, 0.717) is 5.92 Å². The summed E-state index contributed by atoms with van der Waals surface area (Å²) >= 11 is 0. The number of nitrogens with one attached hydrogen (secondary N) is 2. The fourth-order valence-corrected chi connectivity index (χ4v) is 2.92.